The average Bonchev–Trinajstić information content (AvgIpc) is 2.79. The molecule has 0 radical (unpaired) electrons. The Hall–Kier alpha value is -3.53. The van der Waals surface area contributed by atoms with Gasteiger partial charge in [0.05, 0.1) is 17.2 Å². The van der Waals surface area contributed by atoms with Crippen LogP contribution in [0.1, 0.15) is 55.5 Å². The van der Waals surface area contributed by atoms with Gasteiger partial charge < -0.3 is 20.9 Å². The highest BCUT2D eigenvalue weighted by Gasteiger charge is 2.20. The van der Waals surface area contributed by atoms with E-state index >= 15 is 0 Å². The van der Waals surface area contributed by atoms with Gasteiger partial charge in [-0.05, 0) is 69.0 Å². The fourth-order valence-electron chi connectivity index (χ4n) is 3.57. The van der Waals surface area contributed by atoms with Crippen LogP contribution in [0.25, 0.3) is 0 Å². The molecule has 1 atom stereocenters. The third kappa shape index (κ3) is 5.98. The molecule has 1 fully saturated rings. The first-order valence-corrected chi connectivity index (χ1v) is 10.8. The van der Waals surface area contributed by atoms with Gasteiger partial charge in [0.2, 0.25) is 0 Å². The Kier molecular flexibility index (Phi) is 7.50. The molecule has 162 valence electrons. The lowest BCUT2D eigenvalue weighted by molar-refractivity contribution is 0.0939. The van der Waals surface area contributed by atoms with Crippen molar-refractivity contribution in [1.29, 1.82) is 5.26 Å². The van der Waals surface area contributed by atoms with Crippen molar-refractivity contribution in [3.8, 4) is 6.07 Å². The Labute approximate surface area is 183 Å². The molecule has 0 spiro atoms. The summed E-state index contributed by atoms with van der Waals surface area (Å²) >= 11 is 0. The second kappa shape index (κ2) is 10.5. The van der Waals surface area contributed by atoms with E-state index < -0.39 is 6.03 Å². The molecule has 2 aromatic carbocycles. The lowest BCUT2D eigenvalue weighted by Gasteiger charge is -2.31. The van der Waals surface area contributed by atoms with Crippen LogP contribution in [0.5, 0.6) is 0 Å². The van der Waals surface area contributed by atoms with E-state index in [9.17, 15) is 9.59 Å². The monoisotopic (exact) mass is 419 g/mol. The number of nitriles is 1. The van der Waals surface area contributed by atoms with Crippen molar-refractivity contribution in [3.05, 3.63) is 53.6 Å². The van der Waals surface area contributed by atoms with Crippen molar-refractivity contribution in [1.82, 2.24) is 5.32 Å². The minimum absolute atomic E-state index is 0.0639. The molecule has 0 bridgehead atoms. The van der Waals surface area contributed by atoms with E-state index in [2.05, 4.69) is 20.9 Å². The van der Waals surface area contributed by atoms with Crippen LogP contribution >= 0.6 is 0 Å². The number of benzene rings is 2. The molecule has 7 heteroatoms. The van der Waals surface area contributed by atoms with E-state index in [1.807, 2.05) is 32.0 Å². The molecule has 0 aliphatic carbocycles. The predicted octanol–water partition coefficient (Wildman–Crippen LogP) is 4.72. The molecule has 3 rings (SSSR count). The molecular weight excluding hydrogens is 390 g/mol. The highest BCUT2D eigenvalue weighted by molar-refractivity contribution is 6.04. The van der Waals surface area contributed by atoms with Gasteiger partial charge in [0.1, 0.15) is 0 Å². The van der Waals surface area contributed by atoms with Gasteiger partial charge in [0.25, 0.3) is 5.91 Å². The van der Waals surface area contributed by atoms with E-state index in [-0.39, 0.29) is 11.9 Å². The third-order valence-corrected chi connectivity index (χ3v) is 5.44. The summed E-state index contributed by atoms with van der Waals surface area (Å²) in [5.41, 5.74) is 2.98. The molecule has 0 aromatic heterocycles. The average molecular weight is 420 g/mol. The van der Waals surface area contributed by atoms with Crippen molar-refractivity contribution in [3.63, 3.8) is 0 Å². The number of urea groups is 1. The lowest BCUT2D eigenvalue weighted by atomic mass is 10.1. The molecule has 1 aliphatic rings. The molecule has 1 heterocycles. The number of carbonyl (C=O) groups excluding carboxylic acids is 2. The number of rotatable bonds is 6. The summed E-state index contributed by atoms with van der Waals surface area (Å²) in [5.74, 6) is -0.138. The molecular formula is C24H29N5O2. The Bertz CT molecular complexity index is 976. The molecule has 1 unspecified atom stereocenters. The summed E-state index contributed by atoms with van der Waals surface area (Å²) < 4.78 is 0. The van der Waals surface area contributed by atoms with Crippen molar-refractivity contribution >= 4 is 29.0 Å². The van der Waals surface area contributed by atoms with Crippen LogP contribution in [-0.4, -0.2) is 31.1 Å². The van der Waals surface area contributed by atoms with Gasteiger partial charge in [-0.3, -0.25) is 4.79 Å². The summed E-state index contributed by atoms with van der Waals surface area (Å²) in [7, 11) is 0. The summed E-state index contributed by atoms with van der Waals surface area (Å²) in [6.07, 6.45) is 4.26. The minimum Gasteiger partial charge on any atom is -0.371 e. The topological polar surface area (TPSA) is 97.3 Å². The predicted molar refractivity (Wildman–Crippen MR) is 124 cm³/mol. The minimum atomic E-state index is -0.436. The quantitative estimate of drug-likeness (QED) is 0.631. The van der Waals surface area contributed by atoms with Crippen LogP contribution < -0.4 is 20.9 Å². The first-order valence-electron chi connectivity index (χ1n) is 10.8. The van der Waals surface area contributed by atoms with E-state index in [0.717, 1.165) is 38.0 Å². The van der Waals surface area contributed by atoms with Gasteiger partial charge in [-0.15, -0.1) is 0 Å². The second-order valence-corrected chi connectivity index (χ2v) is 7.83. The highest BCUT2D eigenvalue weighted by Crippen LogP contribution is 2.27. The van der Waals surface area contributed by atoms with Crippen LogP contribution in [-0.2, 0) is 0 Å². The maximum atomic E-state index is 13.0. The zero-order chi connectivity index (χ0) is 22.2. The number of piperidine rings is 1. The van der Waals surface area contributed by atoms with Crippen molar-refractivity contribution in [2.75, 3.05) is 28.6 Å². The zero-order valence-electron chi connectivity index (χ0n) is 18.1. The number of anilines is 3. The van der Waals surface area contributed by atoms with Crippen LogP contribution in [0.2, 0.25) is 0 Å². The number of hydrogen-bond donors (Lipinski definition) is 3. The third-order valence-electron chi connectivity index (χ3n) is 5.44. The SMILES string of the molecule is CCC(C)NC(=O)c1cc(NC(=O)Nc2cccc(C#N)c2)ccc1N1CCCCC1. The fraction of sp³-hybridized carbons (Fsp3) is 0.375. The highest BCUT2D eigenvalue weighted by atomic mass is 16.2. The fourth-order valence-corrected chi connectivity index (χ4v) is 3.57. The maximum Gasteiger partial charge on any atom is 0.323 e. The number of hydrogen-bond acceptors (Lipinski definition) is 4. The standard InChI is InChI=1S/C24H29N5O2/c1-3-17(2)26-23(30)21-15-20(10-11-22(21)29-12-5-4-6-13-29)28-24(31)27-19-9-7-8-18(14-19)16-25/h7-11,14-15,17H,3-6,12-13H2,1-2H3,(H,26,30)(H2,27,28,31). The van der Waals surface area contributed by atoms with E-state index in [1.165, 1.54) is 6.42 Å². The molecule has 0 saturated carbocycles. The molecule has 7 nitrogen and oxygen atoms in total. The van der Waals surface area contributed by atoms with Gasteiger partial charge in [-0.1, -0.05) is 13.0 Å². The molecule has 1 saturated heterocycles. The van der Waals surface area contributed by atoms with E-state index in [0.29, 0.717) is 22.5 Å². The van der Waals surface area contributed by atoms with E-state index in [4.69, 9.17) is 5.26 Å². The molecule has 3 N–H and O–H groups in total. The van der Waals surface area contributed by atoms with Crippen LogP contribution in [0.15, 0.2) is 42.5 Å². The molecule has 2 aromatic rings. The second-order valence-electron chi connectivity index (χ2n) is 7.83. The van der Waals surface area contributed by atoms with Gasteiger partial charge in [0, 0.05) is 36.2 Å². The largest absolute Gasteiger partial charge is 0.371 e. The van der Waals surface area contributed by atoms with E-state index in [1.54, 1.807) is 30.3 Å². The number of nitrogens with zero attached hydrogens (tertiary/aromatic N) is 2. The number of nitrogens with one attached hydrogen (secondary N) is 3. The van der Waals surface area contributed by atoms with Crippen molar-refractivity contribution < 1.29 is 9.59 Å². The normalized spacial score (nSPS) is 14.3. The molecule has 3 amide bonds. The van der Waals surface area contributed by atoms with Crippen LogP contribution in [0.3, 0.4) is 0 Å². The Morgan fingerprint density at radius 3 is 2.45 bits per heavy atom. The summed E-state index contributed by atoms with van der Waals surface area (Å²) in [6.45, 7) is 5.85. The number of carbonyl (C=O) groups is 2. The Balaban J connectivity index is 1.80. The first kappa shape index (κ1) is 22.2. The Morgan fingerprint density at radius 1 is 1.06 bits per heavy atom. The number of amides is 3. The van der Waals surface area contributed by atoms with Gasteiger partial charge >= 0.3 is 6.03 Å². The van der Waals surface area contributed by atoms with Gasteiger partial charge in [-0.2, -0.15) is 5.26 Å². The van der Waals surface area contributed by atoms with Gasteiger partial charge in [-0.25, -0.2) is 4.79 Å². The summed E-state index contributed by atoms with van der Waals surface area (Å²) in [5, 5.41) is 17.6. The smallest absolute Gasteiger partial charge is 0.323 e. The van der Waals surface area contributed by atoms with Crippen molar-refractivity contribution in [2.24, 2.45) is 0 Å². The summed E-state index contributed by atoms with van der Waals surface area (Å²) in [6, 6.07) is 13.8. The summed E-state index contributed by atoms with van der Waals surface area (Å²) in [4.78, 5) is 27.7. The molecule has 1 aliphatic heterocycles. The Morgan fingerprint density at radius 2 is 1.77 bits per heavy atom. The van der Waals surface area contributed by atoms with Crippen molar-refractivity contribution in [2.45, 2.75) is 45.6 Å². The van der Waals surface area contributed by atoms with Gasteiger partial charge in [0.15, 0.2) is 0 Å². The first-order chi connectivity index (χ1) is 15.0. The van der Waals surface area contributed by atoms with Crippen LogP contribution in [0, 0.1) is 11.3 Å². The molecule has 31 heavy (non-hydrogen) atoms. The lowest BCUT2D eigenvalue weighted by Crippen LogP contribution is -2.35. The van der Waals surface area contributed by atoms with Crippen LogP contribution in [0.4, 0.5) is 21.9 Å². The maximum absolute atomic E-state index is 13.0. The zero-order valence-corrected chi connectivity index (χ0v) is 18.1.